The van der Waals surface area contributed by atoms with Crippen molar-refractivity contribution in [2.24, 2.45) is 0 Å². The molecule has 0 aliphatic carbocycles. The molecule has 1 aromatic carbocycles. The third-order valence-electron chi connectivity index (χ3n) is 2.47. The Morgan fingerprint density at radius 1 is 1.15 bits per heavy atom. The van der Waals surface area contributed by atoms with Gasteiger partial charge >= 0.3 is 5.97 Å². The first-order valence-corrected chi connectivity index (χ1v) is 6.19. The number of carboxylic acid groups (broad SMARTS) is 1. The molecule has 0 aliphatic heterocycles. The normalized spacial score (nSPS) is 10.1. The number of hydrogen-bond donors (Lipinski definition) is 2. The van der Waals surface area contributed by atoms with Crippen molar-refractivity contribution in [3.05, 3.63) is 57.8 Å². The molecule has 0 atom stereocenters. The van der Waals surface area contributed by atoms with Gasteiger partial charge in [-0.05, 0) is 18.2 Å². The molecule has 2 N–H and O–H groups in total. The van der Waals surface area contributed by atoms with Crippen molar-refractivity contribution in [3.8, 4) is 0 Å². The topological polar surface area (TPSA) is 79.3 Å². The smallest absolute Gasteiger partial charge is 0.337 e. The predicted molar refractivity (Wildman–Crippen MR) is 75.6 cm³/mol. The number of benzene rings is 1. The van der Waals surface area contributed by atoms with Crippen LogP contribution < -0.4 is 5.32 Å². The van der Waals surface area contributed by atoms with Gasteiger partial charge < -0.3 is 10.4 Å². The van der Waals surface area contributed by atoms with Gasteiger partial charge in [-0.2, -0.15) is 0 Å². The Hall–Kier alpha value is -2.11. The maximum atomic E-state index is 12.1. The van der Waals surface area contributed by atoms with Gasteiger partial charge in [-0.15, -0.1) is 0 Å². The van der Waals surface area contributed by atoms with Crippen molar-refractivity contribution in [3.63, 3.8) is 0 Å². The monoisotopic (exact) mass is 310 g/mol. The van der Waals surface area contributed by atoms with Crippen LogP contribution in [0.4, 0.5) is 5.69 Å². The summed E-state index contributed by atoms with van der Waals surface area (Å²) >= 11 is 11.6. The number of pyridine rings is 1. The molecule has 0 saturated carbocycles. The van der Waals surface area contributed by atoms with Gasteiger partial charge in [-0.3, -0.25) is 4.79 Å². The molecule has 0 radical (unpaired) electrons. The summed E-state index contributed by atoms with van der Waals surface area (Å²) in [6.45, 7) is 0. The number of nitrogens with zero attached hydrogens (tertiary/aromatic N) is 1. The van der Waals surface area contributed by atoms with Crippen LogP contribution in [-0.2, 0) is 0 Å². The van der Waals surface area contributed by atoms with E-state index >= 15 is 0 Å². The molecule has 102 valence electrons. The van der Waals surface area contributed by atoms with Gasteiger partial charge in [-0.25, -0.2) is 9.78 Å². The molecule has 7 heteroatoms. The van der Waals surface area contributed by atoms with E-state index in [1.807, 2.05) is 0 Å². The van der Waals surface area contributed by atoms with Crippen LogP contribution in [0.5, 0.6) is 0 Å². The second-order valence-corrected chi connectivity index (χ2v) is 4.59. The van der Waals surface area contributed by atoms with Crippen LogP contribution in [0.2, 0.25) is 10.2 Å². The maximum absolute atomic E-state index is 12.1. The second kappa shape index (κ2) is 5.90. The van der Waals surface area contributed by atoms with Gasteiger partial charge in [0, 0.05) is 6.20 Å². The van der Waals surface area contributed by atoms with Crippen molar-refractivity contribution < 1.29 is 14.7 Å². The van der Waals surface area contributed by atoms with Crippen molar-refractivity contribution in [2.45, 2.75) is 0 Å². The van der Waals surface area contributed by atoms with Crippen molar-refractivity contribution in [2.75, 3.05) is 5.32 Å². The molecule has 1 aromatic heterocycles. The lowest BCUT2D eigenvalue weighted by Gasteiger charge is -2.09. The highest BCUT2D eigenvalue weighted by Gasteiger charge is 2.15. The molecule has 2 aromatic rings. The second-order valence-electron chi connectivity index (χ2n) is 3.79. The number of para-hydroxylation sites is 1. The van der Waals surface area contributed by atoms with Crippen LogP contribution in [0.15, 0.2) is 36.5 Å². The summed E-state index contributed by atoms with van der Waals surface area (Å²) in [6, 6.07) is 7.36. The highest BCUT2D eigenvalue weighted by Crippen LogP contribution is 2.21. The van der Waals surface area contributed by atoms with E-state index in [1.54, 1.807) is 12.1 Å². The number of hydrogen-bond acceptors (Lipinski definition) is 3. The van der Waals surface area contributed by atoms with Gasteiger partial charge in [0.25, 0.3) is 5.91 Å². The van der Waals surface area contributed by atoms with Crippen LogP contribution in [-0.4, -0.2) is 22.0 Å². The van der Waals surface area contributed by atoms with Crippen molar-refractivity contribution in [1.29, 1.82) is 0 Å². The number of aromatic nitrogens is 1. The molecule has 1 heterocycles. The van der Waals surface area contributed by atoms with E-state index in [0.29, 0.717) is 0 Å². The van der Waals surface area contributed by atoms with E-state index < -0.39 is 11.9 Å². The molecule has 0 bridgehead atoms. The molecule has 2 rings (SSSR count). The average Bonchev–Trinajstić information content (AvgIpc) is 2.41. The van der Waals surface area contributed by atoms with Gasteiger partial charge in [0.05, 0.1) is 21.8 Å². The number of carbonyl (C=O) groups excluding carboxylic acids is 1. The van der Waals surface area contributed by atoms with Crippen LogP contribution in [0.1, 0.15) is 20.7 Å². The molecule has 0 spiro atoms. The number of anilines is 1. The fourth-order valence-corrected chi connectivity index (χ4v) is 1.90. The molecule has 20 heavy (non-hydrogen) atoms. The quantitative estimate of drug-likeness (QED) is 0.852. The minimum atomic E-state index is -1.14. The third-order valence-corrected chi connectivity index (χ3v) is 2.98. The highest BCUT2D eigenvalue weighted by molar-refractivity contribution is 6.35. The Morgan fingerprint density at radius 2 is 1.85 bits per heavy atom. The zero-order chi connectivity index (χ0) is 14.7. The molecular weight excluding hydrogens is 303 g/mol. The SMILES string of the molecule is O=C(Nc1ccccc1C(=O)O)c1cc(Cl)ncc1Cl. The molecular formula is C13H8Cl2N2O3. The number of nitrogens with one attached hydrogen (secondary N) is 1. The fourth-order valence-electron chi connectivity index (χ4n) is 1.56. The standard InChI is InChI=1S/C13H8Cl2N2O3/c14-9-6-16-11(15)5-8(9)12(18)17-10-4-2-1-3-7(10)13(19)20/h1-6H,(H,17,18)(H,19,20). The summed E-state index contributed by atoms with van der Waals surface area (Å²) < 4.78 is 0. The van der Waals surface area contributed by atoms with Crippen molar-refractivity contribution >= 4 is 40.8 Å². The van der Waals surface area contributed by atoms with Crippen molar-refractivity contribution in [1.82, 2.24) is 4.98 Å². The molecule has 1 amide bonds. The van der Waals surface area contributed by atoms with Gasteiger partial charge in [-0.1, -0.05) is 35.3 Å². The van der Waals surface area contributed by atoms with Gasteiger partial charge in [0.15, 0.2) is 0 Å². The molecule has 0 fully saturated rings. The van der Waals surface area contributed by atoms with Gasteiger partial charge in [0.2, 0.25) is 0 Å². The Labute approximate surface area is 124 Å². The third kappa shape index (κ3) is 3.07. The molecule has 0 unspecified atom stereocenters. The lowest BCUT2D eigenvalue weighted by atomic mass is 10.1. The predicted octanol–water partition coefficient (Wildman–Crippen LogP) is 3.34. The lowest BCUT2D eigenvalue weighted by Crippen LogP contribution is -2.15. The fraction of sp³-hybridized carbons (Fsp3) is 0. The van der Waals surface area contributed by atoms with Crippen LogP contribution in [0.3, 0.4) is 0 Å². The molecule has 0 aliphatic rings. The van der Waals surface area contributed by atoms with E-state index in [9.17, 15) is 9.59 Å². The molecule has 5 nitrogen and oxygen atoms in total. The summed E-state index contributed by atoms with van der Waals surface area (Å²) in [4.78, 5) is 26.9. The number of carbonyl (C=O) groups is 2. The number of rotatable bonds is 3. The average molecular weight is 311 g/mol. The number of carboxylic acids is 1. The maximum Gasteiger partial charge on any atom is 0.337 e. The van der Waals surface area contributed by atoms with Crippen LogP contribution in [0.25, 0.3) is 0 Å². The van der Waals surface area contributed by atoms with E-state index in [0.717, 1.165) is 0 Å². The van der Waals surface area contributed by atoms with Crippen LogP contribution >= 0.6 is 23.2 Å². The first-order valence-electron chi connectivity index (χ1n) is 5.44. The summed E-state index contributed by atoms with van der Waals surface area (Å²) in [5.74, 6) is -1.70. The minimum Gasteiger partial charge on any atom is -0.478 e. The summed E-state index contributed by atoms with van der Waals surface area (Å²) in [5.41, 5.74) is 0.276. The van der Waals surface area contributed by atoms with Crippen LogP contribution in [0, 0.1) is 0 Å². The van der Waals surface area contributed by atoms with E-state index in [1.165, 1.54) is 24.4 Å². The van der Waals surface area contributed by atoms with E-state index in [-0.39, 0.29) is 27.0 Å². The number of amides is 1. The zero-order valence-corrected chi connectivity index (χ0v) is 11.4. The number of aromatic carboxylic acids is 1. The Morgan fingerprint density at radius 3 is 2.55 bits per heavy atom. The number of halogens is 2. The lowest BCUT2D eigenvalue weighted by molar-refractivity contribution is 0.0698. The largest absolute Gasteiger partial charge is 0.478 e. The zero-order valence-electron chi connectivity index (χ0n) is 9.93. The first-order chi connectivity index (χ1) is 9.49. The highest BCUT2D eigenvalue weighted by atomic mass is 35.5. The van der Waals surface area contributed by atoms with Gasteiger partial charge in [0.1, 0.15) is 5.15 Å². The summed E-state index contributed by atoms with van der Waals surface area (Å²) in [7, 11) is 0. The summed E-state index contributed by atoms with van der Waals surface area (Å²) in [6.07, 6.45) is 1.25. The molecule has 0 saturated heterocycles. The van der Waals surface area contributed by atoms with E-state index in [2.05, 4.69) is 10.3 Å². The van der Waals surface area contributed by atoms with E-state index in [4.69, 9.17) is 28.3 Å². The first kappa shape index (κ1) is 14.3. The Balaban J connectivity index is 2.33. The Bertz CT molecular complexity index is 689. The minimum absolute atomic E-state index is 0.0166. The Kier molecular flexibility index (Phi) is 4.22. The summed E-state index contributed by atoms with van der Waals surface area (Å²) in [5, 5.41) is 11.8.